The lowest BCUT2D eigenvalue weighted by Gasteiger charge is -2.21. The van der Waals surface area contributed by atoms with Crippen LogP contribution < -0.4 is 11.1 Å². The Kier molecular flexibility index (Phi) is 3.99. The molecule has 0 saturated carbocycles. The molecule has 0 aliphatic rings. The van der Waals surface area contributed by atoms with Crippen LogP contribution in [0, 0.1) is 0 Å². The van der Waals surface area contributed by atoms with E-state index < -0.39 is 0 Å². The Balaban J connectivity index is 2.49. The summed E-state index contributed by atoms with van der Waals surface area (Å²) in [6.45, 7) is 8.16. The maximum atomic E-state index is 5.80. The largest absolute Gasteiger partial charge is 0.469 e. The van der Waals surface area contributed by atoms with E-state index >= 15 is 0 Å². The molecule has 0 saturated heterocycles. The SMILES string of the molecule is CC(Cc1ccco1)N=C(N)NC(C)(C)C. The van der Waals surface area contributed by atoms with Crippen LogP contribution in [-0.2, 0) is 6.42 Å². The van der Waals surface area contributed by atoms with Gasteiger partial charge in [0.05, 0.1) is 12.3 Å². The molecule has 0 fully saturated rings. The van der Waals surface area contributed by atoms with Gasteiger partial charge in [0, 0.05) is 12.0 Å². The van der Waals surface area contributed by atoms with Gasteiger partial charge in [-0.3, -0.25) is 0 Å². The first-order chi connectivity index (χ1) is 7.37. The van der Waals surface area contributed by atoms with Crippen LogP contribution in [0.4, 0.5) is 0 Å². The molecule has 90 valence electrons. The maximum absolute atomic E-state index is 5.80. The van der Waals surface area contributed by atoms with Gasteiger partial charge in [-0.1, -0.05) is 0 Å². The summed E-state index contributed by atoms with van der Waals surface area (Å²) in [6, 6.07) is 3.93. The van der Waals surface area contributed by atoms with E-state index in [2.05, 4.69) is 10.3 Å². The quantitative estimate of drug-likeness (QED) is 0.608. The molecule has 1 atom stereocenters. The van der Waals surface area contributed by atoms with Crippen molar-refractivity contribution in [1.29, 1.82) is 0 Å². The second-order valence-electron chi connectivity index (χ2n) is 5.02. The van der Waals surface area contributed by atoms with Crippen LogP contribution in [0.25, 0.3) is 0 Å². The molecule has 0 bridgehead atoms. The zero-order valence-corrected chi connectivity index (χ0v) is 10.4. The van der Waals surface area contributed by atoms with Gasteiger partial charge in [0.2, 0.25) is 0 Å². The van der Waals surface area contributed by atoms with Crippen molar-refractivity contribution in [2.45, 2.75) is 45.7 Å². The van der Waals surface area contributed by atoms with Crippen molar-refractivity contribution >= 4 is 5.96 Å². The minimum absolute atomic E-state index is 0.0576. The zero-order chi connectivity index (χ0) is 12.2. The van der Waals surface area contributed by atoms with Gasteiger partial charge in [-0.25, -0.2) is 4.99 Å². The lowest BCUT2D eigenvalue weighted by atomic mass is 10.1. The summed E-state index contributed by atoms with van der Waals surface area (Å²) in [4.78, 5) is 4.36. The van der Waals surface area contributed by atoms with Crippen LogP contribution in [0.2, 0.25) is 0 Å². The van der Waals surface area contributed by atoms with E-state index in [0.717, 1.165) is 12.2 Å². The van der Waals surface area contributed by atoms with Crippen molar-refractivity contribution in [1.82, 2.24) is 5.32 Å². The first-order valence-electron chi connectivity index (χ1n) is 5.50. The number of guanidine groups is 1. The molecule has 1 aromatic heterocycles. The third-order valence-electron chi connectivity index (χ3n) is 1.94. The third-order valence-corrected chi connectivity index (χ3v) is 1.94. The fourth-order valence-corrected chi connectivity index (χ4v) is 1.42. The number of nitrogens with two attached hydrogens (primary N) is 1. The Labute approximate surface area is 96.9 Å². The van der Waals surface area contributed by atoms with E-state index in [9.17, 15) is 0 Å². The topological polar surface area (TPSA) is 63.5 Å². The summed E-state index contributed by atoms with van der Waals surface area (Å²) in [5, 5.41) is 3.13. The van der Waals surface area contributed by atoms with Crippen LogP contribution >= 0.6 is 0 Å². The predicted molar refractivity (Wildman–Crippen MR) is 66.4 cm³/mol. The normalized spacial score (nSPS) is 14.9. The summed E-state index contributed by atoms with van der Waals surface area (Å²) in [5.74, 6) is 1.41. The lowest BCUT2D eigenvalue weighted by molar-refractivity contribution is 0.487. The summed E-state index contributed by atoms with van der Waals surface area (Å²) >= 11 is 0. The van der Waals surface area contributed by atoms with Gasteiger partial charge in [0.1, 0.15) is 5.76 Å². The van der Waals surface area contributed by atoms with Gasteiger partial charge in [0.15, 0.2) is 5.96 Å². The Morgan fingerprint density at radius 2 is 2.25 bits per heavy atom. The molecule has 0 aliphatic carbocycles. The highest BCUT2D eigenvalue weighted by atomic mass is 16.3. The van der Waals surface area contributed by atoms with Crippen molar-refractivity contribution < 1.29 is 4.42 Å². The number of aliphatic imine (C=N–C) groups is 1. The maximum Gasteiger partial charge on any atom is 0.189 e. The first kappa shape index (κ1) is 12.6. The van der Waals surface area contributed by atoms with Crippen LogP contribution in [0.15, 0.2) is 27.8 Å². The summed E-state index contributed by atoms with van der Waals surface area (Å²) in [7, 11) is 0. The van der Waals surface area contributed by atoms with Crippen molar-refractivity contribution in [3.8, 4) is 0 Å². The molecule has 4 nitrogen and oxygen atoms in total. The van der Waals surface area contributed by atoms with Crippen LogP contribution in [0.1, 0.15) is 33.5 Å². The predicted octanol–water partition coefficient (Wildman–Crippen LogP) is 1.91. The standard InChI is InChI=1S/C12H21N3O/c1-9(8-10-6-5-7-16-10)14-11(13)15-12(2,3)4/h5-7,9H,8H2,1-4H3,(H3,13,14,15). The molecular weight excluding hydrogens is 202 g/mol. The van der Waals surface area contributed by atoms with E-state index in [1.807, 2.05) is 39.8 Å². The number of rotatable bonds is 3. The highest BCUT2D eigenvalue weighted by Gasteiger charge is 2.11. The van der Waals surface area contributed by atoms with Gasteiger partial charge in [0.25, 0.3) is 0 Å². The van der Waals surface area contributed by atoms with E-state index in [1.165, 1.54) is 0 Å². The first-order valence-corrected chi connectivity index (χ1v) is 5.50. The van der Waals surface area contributed by atoms with Gasteiger partial charge in [-0.15, -0.1) is 0 Å². The van der Waals surface area contributed by atoms with Crippen LogP contribution in [-0.4, -0.2) is 17.5 Å². The highest BCUT2D eigenvalue weighted by molar-refractivity contribution is 5.78. The smallest absolute Gasteiger partial charge is 0.189 e. The number of hydrogen-bond donors (Lipinski definition) is 2. The molecule has 0 aromatic carbocycles. The molecule has 3 N–H and O–H groups in total. The van der Waals surface area contributed by atoms with E-state index in [-0.39, 0.29) is 11.6 Å². The highest BCUT2D eigenvalue weighted by Crippen LogP contribution is 2.06. The Morgan fingerprint density at radius 1 is 1.56 bits per heavy atom. The van der Waals surface area contributed by atoms with E-state index in [0.29, 0.717) is 5.96 Å². The number of nitrogens with one attached hydrogen (secondary N) is 1. The summed E-state index contributed by atoms with van der Waals surface area (Å²) < 4.78 is 5.26. The second kappa shape index (κ2) is 5.05. The Hall–Kier alpha value is -1.45. The van der Waals surface area contributed by atoms with Crippen molar-refractivity contribution in [2.75, 3.05) is 0 Å². The number of furan rings is 1. The molecule has 1 rings (SSSR count). The van der Waals surface area contributed by atoms with Gasteiger partial charge < -0.3 is 15.5 Å². The number of hydrogen-bond acceptors (Lipinski definition) is 2. The molecule has 0 radical (unpaired) electrons. The molecule has 0 aliphatic heterocycles. The molecule has 0 spiro atoms. The van der Waals surface area contributed by atoms with E-state index in [4.69, 9.17) is 10.2 Å². The van der Waals surface area contributed by atoms with Crippen molar-refractivity contribution in [3.63, 3.8) is 0 Å². The zero-order valence-electron chi connectivity index (χ0n) is 10.4. The molecule has 16 heavy (non-hydrogen) atoms. The van der Waals surface area contributed by atoms with Gasteiger partial charge >= 0.3 is 0 Å². The molecular formula is C12H21N3O. The van der Waals surface area contributed by atoms with Crippen molar-refractivity contribution in [3.05, 3.63) is 24.2 Å². The van der Waals surface area contributed by atoms with Crippen LogP contribution in [0.5, 0.6) is 0 Å². The second-order valence-corrected chi connectivity index (χ2v) is 5.02. The molecule has 1 unspecified atom stereocenters. The minimum Gasteiger partial charge on any atom is -0.469 e. The van der Waals surface area contributed by atoms with Gasteiger partial charge in [-0.05, 0) is 39.8 Å². The lowest BCUT2D eigenvalue weighted by Crippen LogP contribution is -2.45. The summed E-state index contributed by atoms with van der Waals surface area (Å²) in [6.07, 6.45) is 2.43. The van der Waals surface area contributed by atoms with Crippen LogP contribution in [0.3, 0.4) is 0 Å². The minimum atomic E-state index is -0.0576. The van der Waals surface area contributed by atoms with Gasteiger partial charge in [-0.2, -0.15) is 0 Å². The van der Waals surface area contributed by atoms with E-state index in [1.54, 1.807) is 6.26 Å². The molecule has 0 amide bonds. The molecule has 1 heterocycles. The third kappa shape index (κ3) is 4.87. The molecule has 1 aromatic rings. The fraction of sp³-hybridized carbons (Fsp3) is 0.583. The molecule has 4 heteroatoms. The summed E-state index contributed by atoms with van der Waals surface area (Å²) in [5.41, 5.74) is 5.74. The Morgan fingerprint density at radius 3 is 2.75 bits per heavy atom. The van der Waals surface area contributed by atoms with Crippen molar-refractivity contribution in [2.24, 2.45) is 10.7 Å². The Bertz CT molecular complexity index is 336. The monoisotopic (exact) mass is 223 g/mol. The average Bonchev–Trinajstić information content (AvgIpc) is 2.51. The fourth-order valence-electron chi connectivity index (χ4n) is 1.42. The average molecular weight is 223 g/mol. The number of nitrogens with zero attached hydrogens (tertiary/aromatic N) is 1.